The zero-order chi connectivity index (χ0) is 15.8. The van der Waals surface area contributed by atoms with Crippen LogP contribution in [0.4, 0.5) is 11.6 Å². The second kappa shape index (κ2) is 8.76. The Morgan fingerprint density at radius 1 is 1.29 bits per heavy atom. The van der Waals surface area contributed by atoms with Crippen LogP contribution in [0.5, 0.6) is 0 Å². The highest BCUT2D eigenvalue weighted by Gasteiger charge is 2.19. The van der Waals surface area contributed by atoms with E-state index in [0.29, 0.717) is 13.0 Å². The molecule has 7 nitrogen and oxygen atoms in total. The molecule has 0 aliphatic heterocycles. The monoisotopic (exact) mass is 298 g/mol. The fourth-order valence-corrected chi connectivity index (χ4v) is 2.01. The average molecular weight is 298 g/mol. The van der Waals surface area contributed by atoms with E-state index >= 15 is 0 Å². The van der Waals surface area contributed by atoms with Gasteiger partial charge in [0, 0.05) is 34.9 Å². The molecule has 2 unspecified atom stereocenters. The van der Waals surface area contributed by atoms with Crippen molar-refractivity contribution >= 4 is 11.6 Å². The zero-order valence-electron chi connectivity index (χ0n) is 13.5. The summed E-state index contributed by atoms with van der Waals surface area (Å²) in [4.78, 5) is 10.6. The number of aromatic nitrogens is 2. The Labute approximate surface area is 126 Å². The van der Waals surface area contributed by atoms with E-state index in [1.54, 1.807) is 14.2 Å². The molecule has 1 aromatic heterocycles. The van der Waals surface area contributed by atoms with Crippen LogP contribution in [0.3, 0.4) is 0 Å². The fraction of sp³-hybridized carbons (Fsp3) is 0.714. The number of aliphatic hydroxyl groups is 1. The molecule has 21 heavy (non-hydrogen) atoms. The quantitative estimate of drug-likeness (QED) is 0.705. The molecule has 0 spiro atoms. The molecular formula is C14H26N4O3. The first kappa shape index (κ1) is 17.6. The molecular weight excluding hydrogens is 272 g/mol. The molecule has 0 radical (unpaired) electrons. The summed E-state index contributed by atoms with van der Waals surface area (Å²) in [5, 5.41) is 12.4. The fourth-order valence-electron chi connectivity index (χ4n) is 2.01. The van der Waals surface area contributed by atoms with E-state index in [0.717, 1.165) is 17.2 Å². The summed E-state index contributed by atoms with van der Waals surface area (Å²) in [6.45, 7) is 2.61. The van der Waals surface area contributed by atoms with Gasteiger partial charge in [-0.2, -0.15) is 0 Å². The summed E-state index contributed by atoms with van der Waals surface area (Å²) in [5.74, 6) is 1.57. The van der Waals surface area contributed by atoms with Crippen LogP contribution in [0.2, 0.25) is 0 Å². The number of anilines is 2. The summed E-state index contributed by atoms with van der Waals surface area (Å²) in [6.07, 6.45) is 1.93. The minimum absolute atomic E-state index is 0.00618. The van der Waals surface area contributed by atoms with Crippen molar-refractivity contribution in [1.82, 2.24) is 9.97 Å². The van der Waals surface area contributed by atoms with E-state index in [4.69, 9.17) is 14.6 Å². The third-order valence-electron chi connectivity index (χ3n) is 3.34. The van der Waals surface area contributed by atoms with Crippen molar-refractivity contribution < 1.29 is 14.6 Å². The van der Waals surface area contributed by atoms with Crippen LogP contribution in [0.25, 0.3) is 0 Å². The van der Waals surface area contributed by atoms with Crippen LogP contribution in [-0.4, -0.2) is 62.6 Å². The van der Waals surface area contributed by atoms with Crippen molar-refractivity contribution in [3.63, 3.8) is 0 Å². The lowest BCUT2D eigenvalue weighted by Crippen LogP contribution is -2.22. The van der Waals surface area contributed by atoms with Crippen molar-refractivity contribution in [3.05, 3.63) is 11.9 Å². The second-order valence-electron chi connectivity index (χ2n) is 4.99. The van der Waals surface area contributed by atoms with Crippen molar-refractivity contribution in [2.45, 2.75) is 25.6 Å². The molecule has 1 rings (SSSR count). The zero-order valence-corrected chi connectivity index (χ0v) is 13.5. The Balaban J connectivity index is 2.88. The Kier molecular flexibility index (Phi) is 7.35. The van der Waals surface area contributed by atoms with E-state index in [1.807, 2.05) is 25.9 Å². The van der Waals surface area contributed by atoms with Crippen LogP contribution in [0.1, 0.15) is 25.0 Å². The molecule has 0 bridgehead atoms. The minimum atomic E-state index is -0.170. The predicted molar refractivity (Wildman–Crippen MR) is 82.8 cm³/mol. The number of methoxy groups -OCH3 is 2. The largest absolute Gasteiger partial charge is 0.394 e. The van der Waals surface area contributed by atoms with Crippen molar-refractivity contribution in [1.29, 1.82) is 0 Å². The highest BCUT2D eigenvalue weighted by atomic mass is 16.5. The van der Waals surface area contributed by atoms with E-state index in [1.165, 1.54) is 6.33 Å². The van der Waals surface area contributed by atoms with Gasteiger partial charge < -0.3 is 24.8 Å². The van der Waals surface area contributed by atoms with E-state index in [9.17, 15) is 0 Å². The lowest BCUT2D eigenvalue weighted by molar-refractivity contribution is 0.0457. The SMILES string of the molecule is COC(CO)CCNc1ncnc(N(C)C)c1C(C)OC. The smallest absolute Gasteiger partial charge is 0.139 e. The predicted octanol–water partition coefficient (Wildman–Crippen LogP) is 1.06. The van der Waals surface area contributed by atoms with Crippen LogP contribution < -0.4 is 10.2 Å². The molecule has 0 saturated carbocycles. The first-order chi connectivity index (χ1) is 10.0. The van der Waals surface area contributed by atoms with Gasteiger partial charge in [0.2, 0.25) is 0 Å². The maximum atomic E-state index is 9.12. The average Bonchev–Trinajstić information content (AvgIpc) is 2.50. The maximum Gasteiger partial charge on any atom is 0.139 e. The maximum absolute atomic E-state index is 9.12. The summed E-state index contributed by atoms with van der Waals surface area (Å²) >= 11 is 0. The highest BCUT2D eigenvalue weighted by Crippen LogP contribution is 2.30. The summed E-state index contributed by atoms with van der Waals surface area (Å²) in [6, 6.07) is 0. The number of aliphatic hydroxyl groups excluding tert-OH is 1. The summed E-state index contributed by atoms with van der Waals surface area (Å²) < 4.78 is 10.6. The topological polar surface area (TPSA) is 79.7 Å². The van der Waals surface area contributed by atoms with Gasteiger partial charge in [-0.1, -0.05) is 0 Å². The molecule has 2 N–H and O–H groups in total. The first-order valence-electron chi connectivity index (χ1n) is 6.97. The van der Waals surface area contributed by atoms with Gasteiger partial charge in [0.15, 0.2) is 0 Å². The molecule has 1 aromatic rings. The molecule has 1 heterocycles. The van der Waals surface area contributed by atoms with Gasteiger partial charge in [-0.05, 0) is 13.3 Å². The van der Waals surface area contributed by atoms with Crippen LogP contribution in [-0.2, 0) is 9.47 Å². The van der Waals surface area contributed by atoms with Crippen LogP contribution in [0.15, 0.2) is 6.33 Å². The molecule has 0 saturated heterocycles. The Morgan fingerprint density at radius 2 is 2.00 bits per heavy atom. The number of ether oxygens (including phenoxy) is 2. The standard InChI is InChI=1S/C14H26N4O3/c1-10(20-4)12-13(15-7-6-11(8-19)21-5)16-9-17-14(12)18(2)3/h9-11,19H,6-8H2,1-5H3,(H,15,16,17). The Hall–Kier alpha value is -1.44. The van der Waals surface area contributed by atoms with Crippen LogP contribution >= 0.6 is 0 Å². The number of rotatable bonds is 9. The normalized spacial score (nSPS) is 13.8. The Bertz CT molecular complexity index is 425. The van der Waals surface area contributed by atoms with Gasteiger partial charge in [0.05, 0.1) is 24.4 Å². The van der Waals surface area contributed by atoms with Gasteiger partial charge in [-0.25, -0.2) is 9.97 Å². The van der Waals surface area contributed by atoms with Crippen LogP contribution in [0, 0.1) is 0 Å². The lowest BCUT2D eigenvalue weighted by Gasteiger charge is -2.22. The third kappa shape index (κ3) is 4.80. The molecule has 7 heteroatoms. The van der Waals surface area contributed by atoms with E-state index in [2.05, 4.69) is 15.3 Å². The van der Waals surface area contributed by atoms with Crippen molar-refractivity contribution in [2.24, 2.45) is 0 Å². The number of hydrogen-bond acceptors (Lipinski definition) is 7. The van der Waals surface area contributed by atoms with Crippen molar-refractivity contribution in [2.75, 3.05) is 51.7 Å². The first-order valence-corrected chi connectivity index (χ1v) is 6.97. The second-order valence-corrected chi connectivity index (χ2v) is 4.99. The molecule has 0 aromatic carbocycles. The number of nitrogens with zero attached hydrogens (tertiary/aromatic N) is 3. The summed E-state index contributed by atoms with van der Waals surface area (Å²) in [5.41, 5.74) is 0.919. The number of hydrogen-bond donors (Lipinski definition) is 2. The number of nitrogens with one attached hydrogen (secondary N) is 1. The minimum Gasteiger partial charge on any atom is -0.394 e. The molecule has 2 atom stereocenters. The Morgan fingerprint density at radius 3 is 2.52 bits per heavy atom. The van der Waals surface area contributed by atoms with E-state index in [-0.39, 0.29) is 18.8 Å². The van der Waals surface area contributed by atoms with Gasteiger partial charge in [-0.3, -0.25) is 0 Å². The molecule has 0 fully saturated rings. The van der Waals surface area contributed by atoms with Gasteiger partial charge in [0.25, 0.3) is 0 Å². The molecule has 0 aliphatic carbocycles. The lowest BCUT2D eigenvalue weighted by atomic mass is 10.1. The molecule has 0 amide bonds. The van der Waals surface area contributed by atoms with Crippen molar-refractivity contribution in [3.8, 4) is 0 Å². The highest BCUT2D eigenvalue weighted by molar-refractivity contribution is 5.59. The third-order valence-corrected chi connectivity index (χ3v) is 3.34. The summed E-state index contributed by atoms with van der Waals surface area (Å²) in [7, 11) is 7.12. The van der Waals surface area contributed by atoms with Gasteiger partial charge in [-0.15, -0.1) is 0 Å². The van der Waals surface area contributed by atoms with Gasteiger partial charge >= 0.3 is 0 Å². The molecule has 120 valence electrons. The molecule has 0 aliphatic rings. The van der Waals surface area contributed by atoms with E-state index < -0.39 is 0 Å². The van der Waals surface area contributed by atoms with Gasteiger partial charge in [0.1, 0.15) is 18.0 Å².